The molecule has 116 valence electrons. The molecule has 0 saturated carbocycles. The van der Waals surface area contributed by atoms with Crippen LogP contribution in [-0.2, 0) is 0 Å². The van der Waals surface area contributed by atoms with E-state index >= 15 is 0 Å². The minimum absolute atomic E-state index is 0.176. The molecule has 0 bridgehead atoms. The Kier molecular flexibility index (Phi) is 6.06. The zero-order chi connectivity index (χ0) is 15.9. The Hall–Kier alpha value is -1.76. The molecule has 2 aromatic carbocycles. The third kappa shape index (κ3) is 4.13. The van der Waals surface area contributed by atoms with E-state index in [-0.39, 0.29) is 5.91 Å². The van der Waals surface area contributed by atoms with Crippen molar-refractivity contribution in [2.75, 3.05) is 19.0 Å². The lowest BCUT2D eigenvalue weighted by atomic mass is 10.2. The predicted octanol–water partition coefficient (Wildman–Crippen LogP) is 4.34. The summed E-state index contributed by atoms with van der Waals surface area (Å²) in [6.07, 6.45) is 0.912. The number of anilines is 1. The van der Waals surface area contributed by atoms with E-state index < -0.39 is 0 Å². The quantitative estimate of drug-likeness (QED) is 0.720. The van der Waals surface area contributed by atoms with Crippen molar-refractivity contribution in [3.05, 3.63) is 51.6 Å². The maximum atomic E-state index is 12.3. The molecule has 2 aromatic rings. The predicted molar refractivity (Wildman–Crippen MR) is 95.9 cm³/mol. The number of rotatable bonds is 6. The van der Waals surface area contributed by atoms with Crippen molar-refractivity contribution >= 4 is 34.2 Å². The van der Waals surface area contributed by atoms with Gasteiger partial charge in [0.05, 0.1) is 17.3 Å². The van der Waals surface area contributed by atoms with Crippen molar-refractivity contribution in [2.24, 2.45) is 0 Å². The van der Waals surface area contributed by atoms with Gasteiger partial charge in [-0.1, -0.05) is 25.1 Å². The molecule has 0 aromatic heterocycles. The zero-order valence-electron chi connectivity index (χ0n) is 12.6. The highest BCUT2D eigenvalue weighted by molar-refractivity contribution is 14.1. The largest absolute Gasteiger partial charge is 0.493 e. The summed E-state index contributed by atoms with van der Waals surface area (Å²) in [5.74, 6) is 1.07. The molecule has 4 nitrogen and oxygen atoms in total. The van der Waals surface area contributed by atoms with Gasteiger partial charge in [-0.15, -0.1) is 0 Å². The molecule has 0 aliphatic rings. The van der Waals surface area contributed by atoms with Gasteiger partial charge in [0.25, 0.3) is 5.91 Å². The molecule has 2 rings (SSSR count). The highest BCUT2D eigenvalue weighted by Crippen LogP contribution is 2.34. The summed E-state index contributed by atoms with van der Waals surface area (Å²) >= 11 is 2.15. The normalized spacial score (nSPS) is 10.1. The fourth-order valence-electron chi connectivity index (χ4n) is 1.92. The highest BCUT2D eigenvalue weighted by Gasteiger charge is 2.15. The number of hydrogen-bond acceptors (Lipinski definition) is 3. The number of ether oxygens (including phenoxy) is 2. The topological polar surface area (TPSA) is 47.6 Å². The molecule has 0 aliphatic carbocycles. The molecule has 1 N–H and O–H groups in total. The summed E-state index contributed by atoms with van der Waals surface area (Å²) in [5.41, 5.74) is 1.29. The Morgan fingerprint density at radius 2 is 1.95 bits per heavy atom. The molecule has 22 heavy (non-hydrogen) atoms. The fraction of sp³-hybridized carbons (Fsp3) is 0.235. The molecule has 1 amide bonds. The van der Waals surface area contributed by atoms with Crippen LogP contribution in [-0.4, -0.2) is 19.6 Å². The Morgan fingerprint density at radius 3 is 2.59 bits per heavy atom. The average molecular weight is 411 g/mol. The number of hydrogen-bond donors (Lipinski definition) is 1. The van der Waals surface area contributed by atoms with Crippen molar-refractivity contribution in [3.63, 3.8) is 0 Å². The van der Waals surface area contributed by atoms with Crippen LogP contribution >= 0.6 is 22.6 Å². The Labute approximate surface area is 144 Å². The van der Waals surface area contributed by atoms with Gasteiger partial charge in [-0.2, -0.15) is 0 Å². The van der Waals surface area contributed by atoms with E-state index in [2.05, 4.69) is 27.9 Å². The van der Waals surface area contributed by atoms with Crippen LogP contribution in [0.3, 0.4) is 0 Å². The molecule has 0 radical (unpaired) electrons. The number of benzene rings is 2. The van der Waals surface area contributed by atoms with Gasteiger partial charge in [0.1, 0.15) is 0 Å². The van der Waals surface area contributed by atoms with Crippen molar-refractivity contribution in [1.82, 2.24) is 0 Å². The summed E-state index contributed by atoms with van der Waals surface area (Å²) in [5, 5.41) is 2.86. The minimum atomic E-state index is -0.176. The Bertz CT molecular complexity index is 644. The molecular weight excluding hydrogens is 393 g/mol. The van der Waals surface area contributed by atoms with Crippen LogP contribution in [0, 0.1) is 3.57 Å². The summed E-state index contributed by atoms with van der Waals surface area (Å²) in [4.78, 5) is 12.3. The summed E-state index contributed by atoms with van der Waals surface area (Å²) < 4.78 is 11.9. The first-order valence-corrected chi connectivity index (χ1v) is 8.10. The molecule has 0 spiro atoms. The van der Waals surface area contributed by atoms with Crippen molar-refractivity contribution in [3.8, 4) is 11.5 Å². The molecule has 0 aliphatic heterocycles. The first kappa shape index (κ1) is 16.6. The molecule has 0 fully saturated rings. The SMILES string of the molecule is CCCOc1c(I)cc(C(=O)Nc2ccccc2)cc1OC. The van der Waals surface area contributed by atoms with Gasteiger partial charge in [-0.05, 0) is 53.3 Å². The van der Waals surface area contributed by atoms with Gasteiger partial charge in [0, 0.05) is 11.3 Å². The van der Waals surface area contributed by atoms with Crippen LogP contribution in [0.25, 0.3) is 0 Å². The summed E-state index contributed by atoms with van der Waals surface area (Å²) in [6.45, 7) is 2.66. The average Bonchev–Trinajstić information content (AvgIpc) is 2.54. The second-order valence-corrected chi connectivity index (χ2v) is 5.82. The van der Waals surface area contributed by atoms with Crippen molar-refractivity contribution in [1.29, 1.82) is 0 Å². The number of para-hydroxylation sites is 1. The lowest BCUT2D eigenvalue weighted by Crippen LogP contribution is -2.12. The van der Waals surface area contributed by atoms with Crippen molar-refractivity contribution < 1.29 is 14.3 Å². The summed E-state index contributed by atoms with van der Waals surface area (Å²) in [6, 6.07) is 12.8. The number of carbonyl (C=O) groups excluding carboxylic acids is 1. The third-order valence-corrected chi connectivity index (χ3v) is 3.78. The van der Waals surface area contributed by atoms with Crippen LogP contribution in [0.2, 0.25) is 0 Å². The molecule has 5 heteroatoms. The maximum Gasteiger partial charge on any atom is 0.255 e. The van der Waals surface area contributed by atoms with E-state index in [4.69, 9.17) is 9.47 Å². The molecular formula is C17H18INO3. The first-order chi connectivity index (χ1) is 10.7. The Morgan fingerprint density at radius 1 is 1.23 bits per heavy atom. The van der Waals surface area contributed by atoms with E-state index in [1.807, 2.05) is 37.3 Å². The second-order valence-electron chi connectivity index (χ2n) is 4.66. The van der Waals surface area contributed by atoms with Crippen LogP contribution in [0.5, 0.6) is 11.5 Å². The van der Waals surface area contributed by atoms with E-state index in [0.29, 0.717) is 23.7 Å². The number of nitrogens with one attached hydrogen (secondary N) is 1. The Balaban J connectivity index is 2.24. The van der Waals surface area contributed by atoms with Gasteiger partial charge >= 0.3 is 0 Å². The standard InChI is InChI=1S/C17H18INO3/c1-3-9-22-16-14(18)10-12(11-15(16)21-2)17(20)19-13-7-5-4-6-8-13/h4-8,10-11H,3,9H2,1-2H3,(H,19,20). The van der Waals surface area contributed by atoms with Crippen LogP contribution in [0.1, 0.15) is 23.7 Å². The third-order valence-electron chi connectivity index (χ3n) is 2.97. The van der Waals surface area contributed by atoms with Crippen LogP contribution < -0.4 is 14.8 Å². The molecule has 0 heterocycles. The smallest absolute Gasteiger partial charge is 0.255 e. The molecule has 0 saturated heterocycles. The molecule has 0 atom stereocenters. The second kappa shape index (κ2) is 8.03. The lowest BCUT2D eigenvalue weighted by Gasteiger charge is -2.14. The van der Waals surface area contributed by atoms with E-state index in [1.54, 1.807) is 19.2 Å². The maximum absolute atomic E-state index is 12.3. The van der Waals surface area contributed by atoms with Crippen LogP contribution in [0.15, 0.2) is 42.5 Å². The van der Waals surface area contributed by atoms with E-state index in [1.165, 1.54) is 0 Å². The van der Waals surface area contributed by atoms with Crippen molar-refractivity contribution in [2.45, 2.75) is 13.3 Å². The monoisotopic (exact) mass is 411 g/mol. The first-order valence-electron chi connectivity index (χ1n) is 7.02. The highest BCUT2D eigenvalue weighted by atomic mass is 127. The molecule has 0 unspecified atom stereocenters. The lowest BCUT2D eigenvalue weighted by molar-refractivity contribution is 0.102. The number of halogens is 1. The van der Waals surface area contributed by atoms with Gasteiger partial charge in [-0.25, -0.2) is 0 Å². The zero-order valence-corrected chi connectivity index (χ0v) is 14.7. The number of carbonyl (C=O) groups is 1. The van der Waals surface area contributed by atoms with Crippen LogP contribution in [0.4, 0.5) is 5.69 Å². The van der Waals surface area contributed by atoms with E-state index in [9.17, 15) is 4.79 Å². The number of amides is 1. The van der Waals surface area contributed by atoms with Gasteiger partial charge in [0.15, 0.2) is 11.5 Å². The fourth-order valence-corrected chi connectivity index (χ4v) is 2.68. The minimum Gasteiger partial charge on any atom is -0.493 e. The van der Waals surface area contributed by atoms with E-state index in [0.717, 1.165) is 15.7 Å². The number of methoxy groups -OCH3 is 1. The van der Waals surface area contributed by atoms with Gasteiger partial charge < -0.3 is 14.8 Å². The van der Waals surface area contributed by atoms with Gasteiger partial charge in [-0.3, -0.25) is 4.79 Å². The van der Waals surface area contributed by atoms with Gasteiger partial charge in [0.2, 0.25) is 0 Å². The summed E-state index contributed by atoms with van der Waals surface area (Å²) in [7, 11) is 1.57.